The van der Waals surface area contributed by atoms with E-state index in [9.17, 15) is 18.0 Å². The second kappa shape index (κ2) is 7.80. The van der Waals surface area contributed by atoms with E-state index in [-0.39, 0.29) is 10.7 Å². The summed E-state index contributed by atoms with van der Waals surface area (Å²) in [6.45, 7) is 0.656. The van der Waals surface area contributed by atoms with Crippen molar-refractivity contribution in [2.75, 3.05) is 19.7 Å². The molecule has 26 heavy (non-hydrogen) atoms. The number of ketones is 1. The largest absolute Gasteiger partial charge is 0.454 e. The second-order valence-corrected chi connectivity index (χ2v) is 7.94. The topological polar surface area (TPSA) is 80.8 Å². The molecule has 0 saturated carbocycles. The van der Waals surface area contributed by atoms with E-state index in [1.54, 1.807) is 30.3 Å². The molecule has 0 amide bonds. The maximum absolute atomic E-state index is 12.5. The van der Waals surface area contributed by atoms with Crippen LogP contribution in [0.2, 0.25) is 0 Å². The van der Waals surface area contributed by atoms with Crippen molar-refractivity contribution >= 4 is 21.8 Å². The van der Waals surface area contributed by atoms with Gasteiger partial charge in [0, 0.05) is 18.7 Å². The molecule has 0 bridgehead atoms. The highest BCUT2D eigenvalue weighted by atomic mass is 32.2. The van der Waals surface area contributed by atoms with Crippen molar-refractivity contribution in [2.45, 2.75) is 17.7 Å². The fourth-order valence-corrected chi connectivity index (χ4v) is 4.28. The average molecular weight is 373 g/mol. The molecule has 2 aromatic carbocycles. The van der Waals surface area contributed by atoms with E-state index in [0.717, 1.165) is 12.8 Å². The van der Waals surface area contributed by atoms with Gasteiger partial charge in [-0.1, -0.05) is 18.2 Å². The number of rotatable bonds is 6. The highest BCUT2D eigenvalue weighted by molar-refractivity contribution is 7.89. The number of nitrogens with zero attached hydrogens (tertiary/aromatic N) is 1. The Balaban J connectivity index is 1.63. The summed E-state index contributed by atoms with van der Waals surface area (Å²) >= 11 is 0. The highest BCUT2D eigenvalue weighted by Crippen LogP contribution is 2.21. The number of ether oxygens (including phenoxy) is 1. The molecule has 0 aromatic heterocycles. The van der Waals surface area contributed by atoms with Crippen LogP contribution in [0.5, 0.6) is 0 Å². The van der Waals surface area contributed by atoms with Gasteiger partial charge in [0.1, 0.15) is 0 Å². The van der Waals surface area contributed by atoms with Crippen molar-refractivity contribution in [3.63, 3.8) is 0 Å². The van der Waals surface area contributed by atoms with Crippen LogP contribution in [0.15, 0.2) is 59.5 Å². The molecular weight excluding hydrogens is 354 g/mol. The summed E-state index contributed by atoms with van der Waals surface area (Å²) in [5.41, 5.74) is 0.665. The van der Waals surface area contributed by atoms with Gasteiger partial charge in [0.15, 0.2) is 12.4 Å². The predicted octanol–water partition coefficient (Wildman–Crippen LogP) is 2.51. The molecule has 0 N–H and O–H groups in total. The summed E-state index contributed by atoms with van der Waals surface area (Å²) < 4.78 is 31.4. The fraction of sp³-hybridized carbons (Fsp3) is 0.263. The van der Waals surface area contributed by atoms with Crippen LogP contribution in [0.25, 0.3) is 0 Å². The molecule has 1 aliphatic rings. The summed E-state index contributed by atoms with van der Waals surface area (Å²) in [6.07, 6.45) is 1.73. The molecule has 1 heterocycles. The zero-order chi connectivity index (χ0) is 18.6. The lowest BCUT2D eigenvalue weighted by atomic mass is 10.1. The Morgan fingerprint density at radius 3 is 2.12 bits per heavy atom. The van der Waals surface area contributed by atoms with Gasteiger partial charge < -0.3 is 4.74 Å². The third-order valence-corrected chi connectivity index (χ3v) is 6.14. The van der Waals surface area contributed by atoms with E-state index < -0.39 is 22.6 Å². The zero-order valence-electron chi connectivity index (χ0n) is 14.1. The number of hydrogen-bond donors (Lipinski definition) is 0. The first-order valence-electron chi connectivity index (χ1n) is 8.34. The van der Waals surface area contributed by atoms with Gasteiger partial charge in [0.05, 0.1) is 10.5 Å². The third kappa shape index (κ3) is 4.00. The van der Waals surface area contributed by atoms with E-state index in [2.05, 4.69) is 0 Å². The molecule has 0 radical (unpaired) electrons. The standard InChI is InChI=1S/C19H19NO5S/c21-18(14-25-19(22)16-6-2-1-3-7-16)15-8-10-17(11-9-15)26(23,24)20-12-4-5-13-20/h1-3,6-11H,4-5,12-14H2. The van der Waals surface area contributed by atoms with E-state index in [1.165, 1.54) is 28.6 Å². The number of benzene rings is 2. The quantitative estimate of drug-likeness (QED) is 0.574. The molecule has 7 heteroatoms. The normalized spacial score (nSPS) is 14.9. The lowest BCUT2D eigenvalue weighted by Gasteiger charge is -2.15. The van der Waals surface area contributed by atoms with Crippen molar-refractivity contribution in [2.24, 2.45) is 0 Å². The molecule has 2 aromatic rings. The van der Waals surface area contributed by atoms with Gasteiger partial charge in [0.25, 0.3) is 0 Å². The van der Waals surface area contributed by atoms with Crippen LogP contribution in [-0.2, 0) is 14.8 Å². The van der Waals surface area contributed by atoms with Crippen LogP contribution < -0.4 is 0 Å². The zero-order valence-corrected chi connectivity index (χ0v) is 14.9. The first-order valence-corrected chi connectivity index (χ1v) is 9.78. The van der Waals surface area contributed by atoms with Gasteiger partial charge >= 0.3 is 5.97 Å². The molecule has 3 rings (SSSR count). The first-order chi connectivity index (χ1) is 12.5. The maximum Gasteiger partial charge on any atom is 0.338 e. The van der Waals surface area contributed by atoms with Crippen molar-refractivity contribution in [3.8, 4) is 0 Å². The monoisotopic (exact) mass is 373 g/mol. The predicted molar refractivity (Wildman–Crippen MR) is 95.5 cm³/mol. The van der Waals surface area contributed by atoms with Crippen molar-refractivity contribution in [1.29, 1.82) is 0 Å². The van der Waals surface area contributed by atoms with E-state index in [4.69, 9.17) is 4.74 Å². The number of hydrogen-bond acceptors (Lipinski definition) is 5. The molecule has 1 aliphatic heterocycles. The van der Waals surface area contributed by atoms with E-state index >= 15 is 0 Å². The van der Waals surface area contributed by atoms with Gasteiger partial charge in [-0.3, -0.25) is 4.79 Å². The summed E-state index contributed by atoms with van der Waals surface area (Å²) in [5, 5.41) is 0. The lowest BCUT2D eigenvalue weighted by Crippen LogP contribution is -2.27. The fourth-order valence-electron chi connectivity index (χ4n) is 2.76. The van der Waals surface area contributed by atoms with Crippen molar-refractivity contribution in [1.82, 2.24) is 4.31 Å². The van der Waals surface area contributed by atoms with Gasteiger partial charge in [-0.25, -0.2) is 13.2 Å². The van der Waals surface area contributed by atoms with Gasteiger partial charge in [0.2, 0.25) is 10.0 Å². The van der Waals surface area contributed by atoms with Crippen LogP contribution in [0.3, 0.4) is 0 Å². The van der Waals surface area contributed by atoms with Crippen molar-refractivity contribution < 1.29 is 22.7 Å². The minimum Gasteiger partial charge on any atom is -0.454 e. The van der Waals surface area contributed by atoms with E-state index in [1.807, 2.05) is 0 Å². The summed E-state index contributed by atoms with van der Waals surface area (Å²) in [4.78, 5) is 24.2. The minimum atomic E-state index is -3.51. The number of Topliss-reactive ketones (excluding diaryl/α,β-unsaturated/α-hetero) is 1. The van der Waals surface area contributed by atoms with Crippen LogP contribution in [-0.4, -0.2) is 44.2 Å². The lowest BCUT2D eigenvalue weighted by molar-refractivity contribution is 0.0475. The molecule has 136 valence electrons. The Morgan fingerprint density at radius 2 is 1.50 bits per heavy atom. The highest BCUT2D eigenvalue weighted by Gasteiger charge is 2.27. The van der Waals surface area contributed by atoms with Gasteiger partial charge in [-0.2, -0.15) is 4.31 Å². The summed E-state index contributed by atoms with van der Waals surface area (Å²) in [7, 11) is -3.51. The van der Waals surface area contributed by atoms with E-state index in [0.29, 0.717) is 24.2 Å². The average Bonchev–Trinajstić information content (AvgIpc) is 3.22. The number of carbonyl (C=O) groups excluding carboxylic acids is 2. The Hall–Kier alpha value is -2.51. The number of carbonyl (C=O) groups is 2. The minimum absolute atomic E-state index is 0.164. The molecule has 0 spiro atoms. The molecular formula is C19H19NO5S. The van der Waals surface area contributed by atoms with Crippen LogP contribution >= 0.6 is 0 Å². The molecule has 0 atom stereocenters. The number of sulfonamides is 1. The summed E-state index contributed by atoms with van der Waals surface area (Å²) in [6, 6.07) is 14.1. The Morgan fingerprint density at radius 1 is 0.885 bits per heavy atom. The molecule has 1 saturated heterocycles. The molecule has 6 nitrogen and oxygen atoms in total. The maximum atomic E-state index is 12.5. The van der Waals surface area contributed by atoms with Gasteiger partial charge in [-0.15, -0.1) is 0 Å². The smallest absolute Gasteiger partial charge is 0.338 e. The van der Waals surface area contributed by atoms with Crippen LogP contribution in [0, 0.1) is 0 Å². The SMILES string of the molecule is O=C(COC(=O)c1ccccc1)c1ccc(S(=O)(=O)N2CCCC2)cc1. The summed E-state index contributed by atoms with van der Waals surface area (Å²) in [5.74, 6) is -0.966. The molecule has 0 unspecified atom stereocenters. The van der Waals surface area contributed by atoms with Gasteiger partial charge in [-0.05, 0) is 49.2 Å². The van der Waals surface area contributed by atoms with Crippen LogP contribution in [0.1, 0.15) is 33.6 Å². The number of esters is 1. The Kier molecular flexibility index (Phi) is 5.49. The molecule has 0 aliphatic carbocycles. The molecule has 1 fully saturated rings. The van der Waals surface area contributed by atoms with Crippen LogP contribution in [0.4, 0.5) is 0 Å². The Labute approximate surface area is 152 Å². The second-order valence-electron chi connectivity index (χ2n) is 6.00. The van der Waals surface area contributed by atoms with Crippen molar-refractivity contribution in [3.05, 3.63) is 65.7 Å². The Bertz CT molecular complexity index is 885. The first kappa shape index (κ1) is 18.3. The third-order valence-electron chi connectivity index (χ3n) is 4.22.